The summed E-state index contributed by atoms with van der Waals surface area (Å²) in [5.41, 5.74) is 0.751. The molecule has 200 valence electrons. The zero-order valence-electron chi connectivity index (χ0n) is 21.4. The van der Waals surface area contributed by atoms with Crippen molar-refractivity contribution in [1.82, 2.24) is 20.9 Å². The van der Waals surface area contributed by atoms with Crippen LogP contribution in [0.1, 0.15) is 32.8 Å². The maximum absolute atomic E-state index is 13.4. The molecule has 1 aromatic rings. The first-order chi connectivity index (χ1) is 17.1. The Bertz CT molecular complexity index is 889. The summed E-state index contributed by atoms with van der Waals surface area (Å²) < 4.78 is 10.7. The highest BCUT2D eigenvalue weighted by Gasteiger charge is 2.30. The van der Waals surface area contributed by atoms with E-state index in [0.717, 1.165) is 5.56 Å². The Morgan fingerprint density at radius 3 is 2.47 bits per heavy atom. The molecular formula is C25H38N4O7. The van der Waals surface area contributed by atoms with Crippen LogP contribution in [0.5, 0.6) is 5.75 Å². The van der Waals surface area contributed by atoms with Crippen LogP contribution in [0.2, 0.25) is 0 Å². The zero-order chi connectivity index (χ0) is 26.7. The normalized spacial score (nSPS) is 20.5. The third-order valence-electron chi connectivity index (χ3n) is 5.51. The molecule has 36 heavy (non-hydrogen) atoms. The number of nitrogens with one attached hydrogen (secondary N) is 3. The number of hydrogen-bond donors (Lipinski definition) is 4. The third kappa shape index (κ3) is 9.82. The molecule has 0 spiro atoms. The smallest absolute Gasteiger partial charge is 0.258 e. The molecule has 11 nitrogen and oxygen atoms in total. The monoisotopic (exact) mass is 506 g/mol. The number of amides is 4. The van der Waals surface area contributed by atoms with Crippen molar-refractivity contribution in [1.29, 1.82) is 0 Å². The van der Waals surface area contributed by atoms with Crippen molar-refractivity contribution in [3.8, 4) is 5.75 Å². The fourth-order valence-corrected chi connectivity index (χ4v) is 3.72. The van der Waals surface area contributed by atoms with Crippen molar-refractivity contribution in [3.05, 3.63) is 29.8 Å². The average molecular weight is 507 g/mol. The van der Waals surface area contributed by atoms with E-state index in [2.05, 4.69) is 16.0 Å². The molecule has 3 rings (SSSR count). The van der Waals surface area contributed by atoms with Crippen LogP contribution in [0.25, 0.3) is 0 Å². The summed E-state index contributed by atoms with van der Waals surface area (Å²) in [5.74, 6) is -1.30. The standard InChI is InChI=1S/C25H38N4O7/c1-16(2)11-21-25(34)29(9-10-35-4)14-22(31)27-20(24(33)26-13-17(3)30)12-18-5-7-19(8-6-18)36-15-23(32)28-21/h5-8,16-17,20-21,30H,9-15H2,1-4H3,(H,26,33)(H,27,31)(H,28,32)/t17-,20+,21-/m0/s1. The van der Waals surface area contributed by atoms with Crippen LogP contribution < -0.4 is 20.7 Å². The van der Waals surface area contributed by atoms with Crippen LogP contribution in [-0.2, 0) is 30.3 Å². The number of nitrogens with zero attached hydrogens (tertiary/aromatic N) is 1. The molecule has 0 unspecified atom stereocenters. The van der Waals surface area contributed by atoms with Gasteiger partial charge >= 0.3 is 0 Å². The highest BCUT2D eigenvalue weighted by molar-refractivity contribution is 5.93. The molecule has 11 heteroatoms. The Labute approximate surface area is 211 Å². The van der Waals surface area contributed by atoms with Crippen LogP contribution in [-0.4, -0.2) is 91.8 Å². The number of ether oxygens (including phenoxy) is 2. The molecule has 2 aliphatic rings. The number of fused-ring (bicyclic) bond motifs is 13. The average Bonchev–Trinajstić information content (AvgIpc) is 2.82. The Hall–Kier alpha value is -3.18. The van der Waals surface area contributed by atoms with E-state index in [0.29, 0.717) is 12.2 Å². The number of aliphatic hydroxyl groups excluding tert-OH is 1. The number of carbonyl (C=O) groups is 4. The fourth-order valence-electron chi connectivity index (χ4n) is 3.72. The first kappa shape index (κ1) is 29.1. The maximum Gasteiger partial charge on any atom is 0.258 e. The fraction of sp³-hybridized carbons (Fsp3) is 0.600. The summed E-state index contributed by atoms with van der Waals surface area (Å²) in [5, 5.41) is 17.6. The van der Waals surface area contributed by atoms with Crippen LogP contribution in [0.3, 0.4) is 0 Å². The predicted octanol–water partition coefficient (Wildman–Crippen LogP) is -0.391. The quantitative estimate of drug-likeness (QED) is 0.351. The van der Waals surface area contributed by atoms with Gasteiger partial charge in [-0.2, -0.15) is 0 Å². The molecule has 2 aliphatic heterocycles. The van der Waals surface area contributed by atoms with Crippen molar-refractivity contribution in [3.63, 3.8) is 0 Å². The molecule has 4 amide bonds. The lowest BCUT2D eigenvalue weighted by Gasteiger charge is -2.29. The second-order valence-corrected chi connectivity index (χ2v) is 9.35. The number of aliphatic hydroxyl groups is 1. The van der Waals surface area contributed by atoms with Crippen molar-refractivity contribution in [2.24, 2.45) is 5.92 Å². The van der Waals surface area contributed by atoms with Gasteiger partial charge in [-0.15, -0.1) is 0 Å². The predicted molar refractivity (Wildman–Crippen MR) is 132 cm³/mol. The summed E-state index contributed by atoms with van der Waals surface area (Å²) in [6.07, 6.45) is -0.197. The minimum Gasteiger partial charge on any atom is -0.484 e. The number of methoxy groups -OCH3 is 1. The SMILES string of the molecule is COCCN1CC(=O)N[C@@H](C(=O)NC[C@H](C)O)Cc2ccc(cc2)OCC(=O)N[C@@H](CC(C)C)C1=O. The van der Waals surface area contributed by atoms with E-state index in [1.807, 2.05) is 13.8 Å². The number of benzene rings is 1. The van der Waals surface area contributed by atoms with Gasteiger partial charge in [-0.3, -0.25) is 19.2 Å². The molecule has 2 bridgehead atoms. The Balaban J connectivity index is 2.36. The molecule has 4 N–H and O–H groups in total. The topological polar surface area (TPSA) is 146 Å². The molecule has 0 fully saturated rings. The van der Waals surface area contributed by atoms with Gasteiger partial charge in [-0.1, -0.05) is 26.0 Å². The van der Waals surface area contributed by atoms with Gasteiger partial charge in [0.05, 0.1) is 19.3 Å². The first-order valence-electron chi connectivity index (χ1n) is 12.1. The van der Waals surface area contributed by atoms with Crippen LogP contribution in [0.4, 0.5) is 0 Å². The largest absolute Gasteiger partial charge is 0.484 e. The Morgan fingerprint density at radius 1 is 1.17 bits per heavy atom. The van der Waals surface area contributed by atoms with Crippen molar-refractivity contribution < 1.29 is 33.8 Å². The van der Waals surface area contributed by atoms with E-state index in [4.69, 9.17) is 9.47 Å². The van der Waals surface area contributed by atoms with E-state index >= 15 is 0 Å². The van der Waals surface area contributed by atoms with Gasteiger partial charge in [0.15, 0.2) is 6.61 Å². The summed E-state index contributed by atoms with van der Waals surface area (Å²) in [4.78, 5) is 53.1. The summed E-state index contributed by atoms with van der Waals surface area (Å²) in [7, 11) is 1.49. The van der Waals surface area contributed by atoms with E-state index in [1.54, 1.807) is 31.2 Å². The molecule has 0 aromatic heterocycles. The summed E-state index contributed by atoms with van der Waals surface area (Å²) >= 11 is 0. The van der Waals surface area contributed by atoms with E-state index in [-0.39, 0.29) is 45.2 Å². The number of rotatable bonds is 8. The minimum absolute atomic E-state index is 0.0347. The molecule has 2 heterocycles. The second-order valence-electron chi connectivity index (χ2n) is 9.35. The lowest BCUT2D eigenvalue weighted by Crippen LogP contribution is -2.55. The van der Waals surface area contributed by atoms with E-state index < -0.39 is 41.8 Å². The van der Waals surface area contributed by atoms with Gasteiger partial charge < -0.3 is 35.4 Å². The van der Waals surface area contributed by atoms with Gasteiger partial charge in [-0.25, -0.2) is 0 Å². The number of hydrogen-bond acceptors (Lipinski definition) is 7. The zero-order valence-corrected chi connectivity index (χ0v) is 21.4. The lowest BCUT2D eigenvalue weighted by molar-refractivity contribution is -0.141. The molecule has 3 atom stereocenters. The highest BCUT2D eigenvalue weighted by atomic mass is 16.5. The third-order valence-corrected chi connectivity index (χ3v) is 5.51. The molecule has 0 saturated carbocycles. The second kappa shape index (κ2) is 14.4. The minimum atomic E-state index is -0.929. The van der Waals surface area contributed by atoms with Crippen LogP contribution >= 0.6 is 0 Å². The van der Waals surface area contributed by atoms with Crippen molar-refractivity contribution in [2.45, 2.75) is 51.8 Å². The molecule has 0 radical (unpaired) electrons. The first-order valence-corrected chi connectivity index (χ1v) is 12.1. The molecule has 0 aliphatic carbocycles. The van der Waals surface area contributed by atoms with E-state index in [9.17, 15) is 24.3 Å². The Morgan fingerprint density at radius 2 is 1.86 bits per heavy atom. The van der Waals surface area contributed by atoms with Crippen molar-refractivity contribution in [2.75, 3.05) is 40.0 Å². The maximum atomic E-state index is 13.4. The lowest BCUT2D eigenvalue weighted by atomic mass is 10.0. The van der Waals surface area contributed by atoms with Crippen LogP contribution in [0.15, 0.2) is 24.3 Å². The van der Waals surface area contributed by atoms with Gasteiger partial charge in [-0.05, 0) is 37.0 Å². The van der Waals surface area contributed by atoms with Gasteiger partial charge in [0.25, 0.3) is 5.91 Å². The summed E-state index contributed by atoms with van der Waals surface area (Å²) in [6, 6.07) is 5.05. The molecular weight excluding hydrogens is 468 g/mol. The van der Waals surface area contributed by atoms with Crippen LogP contribution in [0, 0.1) is 5.92 Å². The number of carbonyl (C=O) groups excluding carboxylic acids is 4. The highest BCUT2D eigenvalue weighted by Crippen LogP contribution is 2.15. The van der Waals surface area contributed by atoms with Gasteiger partial charge in [0.2, 0.25) is 17.7 Å². The Kier molecular flexibility index (Phi) is 11.6. The van der Waals surface area contributed by atoms with Gasteiger partial charge in [0.1, 0.15) is 17.8 Å². The van der Waals surface area contributed by atoms with Gasteiger partial charge in [0, 0.05) is 26.6 Å². The van der Waals surface area contributed by atoms with E-state index in [1.165, 1.54) is 12.0 Å². The summed E-state index contributed by atoms with van der Waals surface area (Å²) in [6.45, 7) is 5.16. The van der Waals surface area contributed by atoms with Crippen molar-refractivity contribution >= 4 is 23.6 Å². The molecule has 1 aromatic carbocycles. The molecule has 0 saturated heterocycles.